The van der Waals surface area contributed by atoms with Crippen molar-refractivity contribution >= 4 is 0 Å². The van der Waals surface area contributed by atoms with Crippen LogP contribution >= 0.6 is 0 Å². The molecule has 1 aromatic carbocycles. The van der Waals surface area contributed by atoms with Gasteiger partial charge in [-0.1, -0.05) is 30.3 Å². The van der Waals surface area contributed by atoms with Crippen LogP contribution in [0, 0.1) is 0 Å². The summed E-state index contributed by atoms with van der Waals surface area (Å²) in [5, 5.41) is 2.20. The SMILES string of the molecule is C[NH2+][C@H](C)c1ccccc1. The van der Waals surface area contributed by atoms with Crippen LogP contribution in [0.3, 0.4) is 0 Å². The number of hydrogen-bond donors (Lipinski definition) is 1. The number of nitrogens with two attached hydrogens (primary N) is 1. The molecule has 1 nitrogen and oxygen atoms in total. The largest absolute Gasteiger partial charge is 0.343 e. The molecular formula is C9H14N+. The second kappa shape index (κ2) is 3.37. The van der Waals surface area contributed by atoms with Gasteiger partial charge in [0.2, 0.25) is 0 Å². The molecule has 0 bridgehead atoms. The third-order valence-electron chi connectivity index (χ3n) is 1.83. The lowest BCUT2D eigenvalue weighted by Gasteiger charge is -2.05. The van der Waals surface area contributed by atoms with E-state index in [1.807, 2.05) is 6.07 Å². The molecule has 0 heterocycles. The van der Waals surface area contributed by atoms with Crippen molar-refractivity contribution in [1.29, 1.82) is 0 Å². The summed E-state index contributed by atoms with van der Waals surface area (Å²) in [4.78, 5) is 0. The van der Waals surface area contributed by atoms with Crippen molar-refractivity contribution < 1.29 is 5.32 Å². The maximum absolute atomic E-state index is 2.20. The van der Waals surface area contributed by atoms with Crippen LogP contribution in [-0.2, 0) is 0 Å². The van der Waals surface area contributed by atoms with Crippen molar-refractivity contribution in [2.45, 2.75) is 13.0 Å². The Hall–Kier alpha value is -0.820. The van der Waals surface area contributed by atoms with Gasteiger partial charge in [-0.2, -0.15) is 0 Å². The normalized spacial score (nSPS) is 13.0. The standard InChI is InChI=1S/C9H13N/c1-8(10-2)9-6-4-3-5-7-9/h3-8,10H,1-2H3/p+1/t8-/m1/s1. The van der Waals surface area contributed by atoms with Crippen molar-refractivity contribution in [3.63, 3.8) is 0 Å². The molecule has 1 atom stereocenters. The third kappa shape index (κ3) is 1.58. The highest BCUT2D eigenvalue weighted by molar-refractivity contribution is 5.16. The Balaban J connectivity index is 2.75. The summed E-state index contributed by atoms with van der Waals surface area (Å²) >= 11 is 0. The Morgan fingerprint density at radius 1 is 1.20 bits per heavy atom. The summed E-state index contributed by atoms with van der Waals surface area (Å²) in [7, 11) is 2.09. The minimum absolute atomic E-state index is 0.584. The molecular weight excluding hydrogens is 122 g/mol. The van der Waals surface area contributed by atoms with E-state index in [4.69, 9.17) is 0 Å². The summed E-state index contributed by atoms with van der Waals surface area (Å²) in [5.41, 5.74) is 1.39. The van der Waals surface area contributed by atoms with Crippen LogP contribution in [0.15, 0.2) is 30.3 Å². The molecule has 54 valence electrons. The average Bonchev–Trinajstić information content (AvgIpc) is 2.05. The van der Waals surface area contributed by atoms with Gasteiger partial charge >= 0.3 is 0 Å². The molecule has 0 aliphatic heterocycles. The molecule has 0 aliphatic carbocycles. The number of rotatable bonds is 2. The lowest BCUT2D eigenvalue weighted by atomic mass is 10.1. The molecule has 1 rings (SSSR count). The summed E-state index contributed by atoms with van der Waals surface area (Å²) in [6.45, 7) is 2.20. The number of benzene rings is 1. The minimum Gasteiger partial charge on any atom is -0.343 e. The van der Waals surface area contributed by atoms with Gasteiger partial charge in [-0.05, 0) is 6.92 Å². The van der Waals surface area contributed by atoms with Crippen molar-refractivity contribution in [2.24, 2.45) is 0 Å². The average molecular weight is 136 g/mol. The molecule has 1 aromatic rings. The van der Waals surface area contributed by atoms with Crippen molar-refractivity contribution in [1.82, 2.24) is 0 Å². The van der Waals surface area contributed by atoms with Gasteiger partial charge in [0.05, 0.1) is 7.05 Å². The molecule has 0 unspecified atom stereocenters. The quantitative estimate of drug-likeness (QED) is 0.623. The maximum atomic E-state index is 2.20. The van der Waals surface area contributed by atoms with E-state index < -0.39 is 0 Å². The van der Waals surface area contributed by atoms with Gasteiger partial charge in [-0.15, -0.1) is 0 Å². The van der Waals surface area contributed by atoms with E-state index in [0.29, 0.717) is 6.04 Å². The van der Waals surface area contributed by atoms with E-state index in [0.717, 1.165) is 0 Å². The highest BCUT2D eigenvalue weighted by Gasteiger charge is 2.01. The van der Waals surface area contributed by atoms with Gasteiger partial charge in [0.15, 0.2) is 0 Å². The zero-order valence-corrected chi connectivity index (χ0v) is 6.54. The Labute approximate surface area is 62.1 Å². The zero-order chi connectivity index (χ0) is 7.40. The smallest absolute Gasteiger partial charge is 0.108 e. The van der Waals surface area contributed by atoms with E-state index in [9.17, 15) is 0 Å². The molecule has 1 heteroatoms. The minimum atomic E-state index is 0.584. The summed E-state index contributed by atoms with van der Waals surface area (Å²) in [5.74, 6) is 0. The predicted octanol–water partition coefficient (Wildman–Crippen LogP) is 0.941. The van der Waals surface area contributed by atoms with Crippen LogP contribution in [-0.4, -0.2) is 7.05 Å². The van der Waals surface area contributed by atoms with Crippen LogP contribution in [0.4, 0.5) is 0 Å². The fraction of sp³-hybridized carbons (Fsp3) is 0.333. The van der Waals surface area contributed by atoms with Crippen LogP contribution in [0.5, 0.6) is 0 Å². The molecule has 10 heavy (non-hydrogen) atoms. The molecule has 0 amide bonds. The maximum Gasteiger partial charge on any atom is 0.108 e. The number of quaternary nitrogens is 1. The first kappa shape index (κ1) is 7.29. The molecule has 0 aliphatic rings. The Morgan fingerprint density at radius 3 is 2.30 bits per heavy atom. The zero-order valence-electron chi connectivity index (χ0n) is 6.54. The topological polar surface area (TPSA) is 16.6 Å². The Kier molecular flexibility index (Phi) is 2.46. The third-order valence-corrected chi connectivity index (χ3v) is 1.83. The molecule has 0 spiro atoms. The van der Waals surface area contributed by atoms with E-state index >= 15 is 0 Å². The summed E-state index contributed by atoms with van der Waals surface area (Å²) < 4.78 is 0. The molecule has 0 saturated heterocycles. The Bertz CT molecular complexity index is 181. The van der Waals surface area contributed by atoms with Crippen molar-refractivity contribution in [3.8, 4) is 0 Å². The Morgan fingerprint density at radius 2 is 1.80 bits per heavy atom. The first-order valence-electron chi connectivity index (χ1n) is 3.69. The monoisotopic (exact) mass is 136 g/mol. The van der Waals surface area contributed by atoms with Crippen molar-refractivity contribution in [3.05, 3.63) is 35.9 Å². The van der Waals surface area contributed by atoms with Gasteiger partial charge in [0, 0.05) is 5.56 Å². The van der Waals surface area contributed by atoms with Gasteiger partial charge in [0.1, 0.15) is 6.04 Å². The van der Waals surface area contributed by atoms with Crippen LogP contribution in [0.2, 0.25) is 0 Å². The molecule has 2 N–H and O–H groups in total. The van der Waals surface area contributed by atoms with Gasteiger partial charge < -0.3 is 5.32 Å². The van der Waals surface area contributed by atoms with E-state index in [1.165, 1.54) is 5.56 Å². The number of hydrogen-bond acceptors (Lipinski definition) is 0. The fourth-order valence-corrected chi connectivity index (χ4v) is 0.949. The first-order chi connectivity index (χ1) is 4.84. The summed E-state index contributed by atoms with van der Waals surface area (Å²) in [6.07, 6.45) is 0. The predicted molar refractivity (Wildman–Crippen MR) is 42.7 cm³/mol. The van der Waals surface area contributed by atoms with Gasteiger partial charge in [-0.25, -0.2) is 0 Å². The fourth-order valence-electron chi connectivity index (χ4n) is 0.949. The molecule has 0 fully saturated rings. The van der Waals surface area contributed by atoms with Crippen LogP contribution in [0.1, 0.15) is 18.5 Å². The molecule has 0 saturated carbocycles. The molecule has 0 radical (unpaired) electrons. The lowest BCUT2D eigenvalue weighted by Crippen LogP contribution is -2.80. The van der Waals surface area contributed by atoms with Gasteiger partial charge in [0.25, 0.3) is 0 Å². The highest BCUT2D eigenvalue weighted by atomic mass is 14.8. The van der Waals surface area contributed by atoms with E-state index in [2.05, 4.69) is 43.6 Å². The van der Waals surface area contributed by atoms with E-state index in [-0.39, 0.29) is 0 Å². The summed E-state index contributed by atoms with van der Waals surface area (Å²) in [6, 6.07) is 11.1. The van der Waals surface area contributed by atoms with Crippen LogP contribution < -0.4 is 5.32 Å². The first-order valence-corrected chi connectivity index (χ1v) is 3.69. The van der Waals surface area contributed by atoms with Crippen molar-refractivity contribution in [2.75, 3.05) is 7.05 Å². The second-order valence-corrected chi connectivity index (χ2v) is 2.53. The van der Waals surface area contributed by atoms with E-state index in [1.54, 1.807) is 0 Å². The highest BCUT2D eigenvalue weighted by Crippen LogP contribution is 2.05. The second-order valence-electron chi connectivity index (χ2n) is 2.53. The molecule has 0 aromatic heterocycles. The lowest BCUT2D eigenvalue weighted by molar-refractivity contribution is -0.666. The van der Waals surface area contributed by atoms with Crippen LogP contribution in [0.25, 0.3) is 0 Å². The van der Waals surface area contributed by atoms with Gasteiger partial charge in [-0.3, -0.25) is 0 Å².